The molecule has 0 saturated carbocycles. The maximum absolute atomic E-state index is 12.2. The van der Waals surface area contributed by atoms with Crippen LogP contribution < -0.4 is 16.4 Å². The molecule has 0 bridgehead atoms. The van der Waals surface area contributed by atoms with Crippen LogP contribution in [0.25, 0.3) is 11.5 Å². The second-order valence-corrected chi connectivity index (χ2v) is 5.76. The normalized spacial score (nSPS) is 12.2. The standard InChI is InChI=1S/C16H33N6O2.Cu/c1-2-3-4-5-6-7-10-20-15(24)13(22-14(23)12-17)9-8-11-21-16(18)19;/h13,17H,2-12H2,1H3,(H6,18,19,20,21,22,23,24);/q-1;+2/p-1. The summed E-state index contributed by atoms with van der Waals surface area (Å²) in [4.78, 5) is 27.3. The molecule has 0 rings (SSSR count). The Kier molecular flexibility index (Phi) is 18.2. The van der Waals surface area contributed by atoms with Gasteiger partial charge >= 0.3 is 17.1 Å². The molecule has 0 aliphatic carbocycles. The first-order chi connectivity index (χ1) is 11.5. The molecule has 1 unspecified atom stereocenters. The van der Waals surface area contributed by atoms with Gasteiger partial charge in [0, 0.05) is 6.54 Å². The zero-order chi connectivity index (χ0) is 18.2. The summed E-state index contributed by atoms with van der Waals surface area (Å²) in [5.74, 6) is -0.944. The Hall–Kier alpha value is -1.31. The van der Waals surface area contributed by atoms with Crippen LogP contribution in [0.3, 0.4) is 0 Å². The molecule has 0 spiro atoms. The summed E-state index contributed by atoms with van der Waals surface area (Å²) in [6.07, 6.45) is 7.82. The van der Waals surface area contributed by atoms with Gasteiger partial charge in [0.2, 0.25) is 5.91 Å². The first-order valence-corrected chi connectivity index (χ1v) is 8.74. The zero-order valence-corrected chi connectivity index (χ0v) is 15.9. The van der Waals surface area contributed by atoms with Gasteiger partial charge in [0.05, 0.1) is 0 Å². The van der Waals surface area contributed by atoms with Crippen LogP contribution in [0.4, 0.5) is 0 Å². The predicted octanol–water partition coefficient (Wildman–Crippen LogP) is 2.14. The van der Waals surface area contributed by atoms with Gasteiger partial charge in [0.15, 0.2) is 5.91 Å². The Balaban J connectivity index is 0. The van der Waals surface area contributed by atoms with Gasteiger partial charge in [0.1, 0.15) is 6.04 Å². The number of nitrogens with two attached hydrogens (primary N) is 1. The topological polar surface area (TPSA) is 144 Å². The number of carbonyl (C=O) groups excluding carboxylic acids is 2. The van der Waals surface area contributed by atoms with Crippen molar-refractivity contribution in [2.45, 2.75) is 64.3 Å². The summed E-state index contributed by atoms with van der Waals surface area (Å²) in [6.45, 7) is 2.71. The van der Waals surface area contributed by atoms with Gasteiger partial charge in [-0.2, -0.15) is 0 Å². The number of nitrogens with one attached hydrogen (secondary N) is 4. The number of nitrogens with zero attached hydrogens (tertiary/aromatic N) is 1. The average Bonchev–Trinajstić information content (AvgIpc) is 2.56. The number of unbranched alkanes of at least 4 members (excludes halogenated alkanes) is 5. The second kappa shape index (κ2) is 17.5. The number of carbonyl (C=O) groups is 2. The maximum atomic E-state index is 12.2. The quantitative estimate of drug-likeness (QED) is 0.177. The summed E-state index contributed by atoms with van der Waals surface area (Å²) >= 11 is 0. The van der Waals surface area contributed by atoms with Crippen molar-refractivity contribution >= 4 is 17.8 Å². The third kappa shape index (κ3) is 15.9. The van der Waals surface area contributed by atoms with Crippen LogP contribution in [0.2, 0.25) is 0 Å². The van der Waals surface area contributed by atoms with Gasteiger partial charge in [0.25, 0.3) is 0 Å². The summed E-state index contributed by atoms with van der Waals surface area (Å²) < 4.78 is 0. The van der Waals surface area contributed by atoms with Gasteiger partial charge in [-0.25, -0.2) is 0 Å². The van der Waals surface area contributed by atoms with E-state index in [1.54, 1.807) is 0 Å². The fraction of sp³-hybridized carbons (Fsp3) is 0.812. The van der Waals surface area contributed by atoms with Crippen LogP contribution in [0.15, 0.2) is 4.99 Å². The summed E-state index contributed by atoms with van der Waals surface area (Å²) in [5.41, 5.74) is 19.2. The van der Waals surface area contributed by atoms with E-state index in [1.165, 1.54) is 25.7 Å². The van der Waals surface area contributed by atoms with E-state index < -0.39 is 18.5 Å². The van der Waals surface area contributed by atoms with Crippen molar-refractivity contribution in [3.8, 4) is 0 Å². The number of rotatable bonds is 14. The van der Waals surface area contributed by atoms with Crippen LogP contribution in [-0.4, -0.2) is 43.5 Å². The van der Waals surface area contributed by atoms with E-state index in [0.717, 1.165) is 12.8 Å². The van der Waals surface area contributed by atoms with Gasteiger partial charge in [-0.1, -0.05) is 45.6 Å². The van der Waals surface area contributed by atoms with Crippen LogP contribution >= 0.6 is 0 Å². The van der Waals surface area contributed by atoms with Gasteiger partial charge in [-0.05, 0) is 31.8 Å². The number of amides is 2. The summed E-state index contributed by atoms with van der Waals surface area (Å²) in [7, 11) is 0. The van der Waals surface area contributed by atoms with Crippen molar-refractivity contribution in [2.75, 3.05) is 19.6 Å². The van der Waals surface area contributed by atoms with E-state index in [4.69, 9.17) is 17.2 Å². The van der Waals surface area contributed by atoms with Gasteiger partial charge in [-0.3, -0.25) is 9.59 Å². The molecule has 0 aromatic rings. The van der Waals surface area contributed by atoms with Crippen LogP contribution in [0, 0.1) is 0 Å². The maximum Gasteiger partial charge on any atom is 2.00 e. The minimum Gasteiger partial charge on any atom is -0.670 e. The molecule has 6 N–H and O–H groups in total. The fourth-order valence-electron chi connectivity index (χ4n) is 2.25. The fourth-order valence-corrected chi connectivity index (χ4v) is 2.25. The van der Waals surface area contributed by atoms with Crippen molar-refractivity contribution in [2.24, 2.45) is 10.7 Å². The Morgan fingerprint density at radius 2 is 1.76 bits per heavy atom. The van der Waals surface area contributed by atoms with E-state index >= 15 is 0 Å². The number of hydrogen-bond donors (Lipinski definition) is 3. The van der Waals surface area contributed by atoms with Crippen molar-refractivity contribution in [3.05, 3.63) is 11.5 Å². The number of guanidine groups is 1. The van der Waals surface area contributed by atoms with Crippen molar-refractivity contribution < 1.29 is 26.7 Å². The Morgan fingerprint density at radius 1 is 1.12 bits per heavy atom. The van der Waals surface area contributed by atoms with Crippen LogP contribution in [-0.2, 0) is 26.7 Å². The molecule has 25 heavy (non-hydrogen) atoms. The van der Waals surface area contributed by atoms with E-state index in [1.807, 2.05) is 0 Å². The molecular formula is C16H32CuN6O2. The molecular weight excluding hydrogens is 372 g/mol. The molecule has 0 aromatic heterocycles. The van der Waals surface area contributed by atoms with E-state index in [0.29, 0.717) is 25.9 Å². The molecule has 2 amide bonds. The first kappa shape index (κ1) is 25.9. The van der Waals surface area contributed by atoms with Crippen LogP contribution in [0.1, 0.15) is 58.3 Å². The smallest absolute Gasteiger partial charge is 0.670 e. The SMILES string of the molecule is CCCCCCCCNC(=O)C(CCCN=C([NH-])N)NC(=O)C[NH-].[Cu+2]. The molecule has 8 nitrogen and oxygen atoms in total. The van der Waals surface area contributed by atoms with Crippen LogP contribution in [0.5, 0.6) is 0 Å². The minimum atomic E-state index is -0.662. The number of hydrogen-bond acceptors (Lipinski definition) is 3. The monoisotopic (exact) mass is 403 g/mol. The van der Waals surface area contributed by atoms with E-state index in [9.17, 15) is 9.59 Å². The number of aliphatic imine (C=N–C) groups is 1. The van der Waals surface area contributed by atoms with Crippen molar-refractivity contribution in [1.82, 2.24) is 10.6 Å². The molecule has 1 radical (unpaired) electrons. The molecule has 0 aliphatic heterocycles. The molecule has 0 aromatic carbocycles. The molecule has 0 heterocycles. The summed E-state index contributed by atoms with van der Waals surface area (Å²) in [6, 6.07) is -0.662. The van der Waals surface area contributed by atoms with E-state index in [2.05, 4.69) is 22.5 Å². The summed E-state index contributed by atoms with van der Waals surface area (Å²) in [5, 5.41) is 5.40. The van der Waals surface area contributed by atoms with Gasteiger partial charge in [-0.15, -0.1) is 0 Å². The van der Waals surface area contributed by atoms with E-state index in [-0.39, 0.29) is 28.9 Å². The zero-order valence-electron chi connectivity index (χ0n) is 15.0. The average molecular weight is 404 g/mol. The molecule has 0 aliphatic rings. The Morgan fingerprint density at radius 3 is 2.36 bits per heavy atom. The molecule has 1 atom stereocenters. The largest absolute Gasteiger partial charge is 2.00 e. The van der Waals surface area contributed by atoms with Gasteiger partial charge < -0.3 is 32.8 Å². The van der Waals surface area contributed by atoms with Crippen molar-refractivity contribution in [3.63, 3.8) is 0 Å². The molecule has 9 heteroatoms. The molecule has 0 saturated heterocycles. The molecule has 0 fully saturated rings. The minimum absolute atomic E-state index is 0. The Labute approximate surface area is 161 Å². The predicted molar refractivity (Wildman–Crippen MR) is 97.6 cm³/mol. The second-order valence-electron chi connectivity index (χ2n) is 5.76. The third-order valence-corrected chi connectivity index (χ3v) is 3.57. The van der Waals surface area contributed by atoms with Crippen molar-refractivity contribution in [1.29, 1.82) is 0 Å². The Bertz CT molecular complexity index is 389. The first-order valence-electron chi connectivity index (χ1n) is 8.74. The molecule has 149 valence electrons. The third-order valence-electron chi connectivity index (χ3n) is 3.57.